The number of unbranched alkanes of at least 4 members (excludes halogenated alkanes) is 1. The van der Waals surface area contributed by atoms with Crippen molar-refractivity contribution in [3.8, 4) is 0 Å². The van der Waals surface area contributed by atoms with Crippen molar-refractivity contribution in [3.05, 3.63) is 29.4 Å². The maximum absolute atomic E-state index is 6.18. The lowest BCUT2D eigenvalue weighted by atomic mass is 10.2. The first kappa shape index (κ1) is 10.9. The normalized spacial score (nSPS) is 11.1. The van der Waals surface area contributed by atoms with Crippen molar-refractivity contribution in [1.82, 2.24) is 4.98 Å². The quantitative estimate of drug-likeness (QED) is 0.603. The molecule has 1 N–H and O–H groups in total. The van der Waals surface area contributed by atoms with Crippen molar-refractivity contribution in [2.45, 2.75) is 24.7 Å². The zero-order valence-electron chi connectivity index (χ0n) is 8.72. The van der Waals surface area contributed by atoms with Crippen LogP contribution in [0.2, 0.25) is 5.02 Å². The Kier molecular flexibility index (Phi) is 3.60. The maximum Gasteiger partial charge on any atom is 0.0510 e. The van der Waals surface area contributed by atoms with Crippen LogP contribution in [0, 0.1) is 0 Å². The van der Waals surface area contributed by atoms with E-state index in [1.165, 1.54) is 23.5 Å². The third kappa shape index (κ3) is 2.50. The number of thioether (sulfide) groups is 1. The minimum absolute atomic E-state index is 0.841. The SMILES string of the molecule is CCCCSc1cc(Cl)c2cc[nH]c2c1. The molecule has 2 aromatic rings. The highest BCUT2D eigenvalue weighted by Crippen LogP contribution is 2.30. The second-order valence-corrected chi connectivity index (χ2v) is 5.12. The molecule has 80 valence electrons. The molecule has 0 radical (unpaired) electrons. The molecule has 0 saturated carbocycles. The van der Waals surface area contributed by atoms with E-state index in [0.29, 0.717) is 0 Å². The number of hydrogen-bond donors (Lipinski definition) is 1. The largest absolute Gasteiger partial charge is 0.361 e. The number of rotatable bonds is 4. The van der Waals surface area contributed by atoms with E-state index in [0.717, 1.165) is 15.9 Å². The molecule has 1 nitrogen and oxygen atoms in total. The van der Waals surface area contributed by atoms with Crippen molar-refractivity contribution in [2.24, 2.45) is 0 Å². The highest BCUT2D eigenvalue weighted by Gasteiger charge is 2.03. The molecule has 0 aliphatic rings. The van der Waals surface area contributed by atoms with Crippen LogP contribution in [0.3, 0.4) is 0 Å². The number of hydrogen-bond acceptors (Lipinski definition) is 1. The Labute approximate surface area is 99.2 Å². The molecule has 1 heterocycles. The summed E-state index contributed by atoms with van der Waals surface area (Å²) in [5.41, 5.74) is 1.13. The van der Waals surface area contributed by atoms with Gasteiger partial charge in [0.25, 0.3) is 0 Å². The van der Waals surface area contributed by atoms with Gasteiger partial charge in [0.2, 0.25) is 0 Å². The Bertz CT molecular complexity index is 450. The summed E-state index contributed by atoms with van der Waals surface area (Å²) >= 11 is 8.06. The lowest BCUT2D eigenvalue weighted by molar-refractivity contribution is 0.896. The van der Waals surface area contributed by atoms with E-state index in [1.54, 1.807) is 0 Å². The lowest BCUT2D eigenvalue weighted by Gasteiger charge is -2.02. The fourth-order valence-electron chi connectivity index (χ4n) is 1.51. The number of H-pyrrole nitrogens is 1. The van der Waals surface area contributed by atoms with E-state index in [1.807, 2.05) is 24.0 Å². The van der Waals surface area contributed by atoms with Gasteiger partial charge >= 0.3 is 0 Å². The van der Waals surface area contributed by atoms with Crippen molar-refractivity contribution < 1.29 is 0 Å². The van der Waals surface area contributed by atoms with Crippen molar-refractivity contribution in [1.29, 1.82) is 0 Å². The van der Waals surface area contributed by atoms with Gasteiger partial charge in [-0.1, -0.05) is 24.9 Å². The number of benzene rings is 1. The Balaban J connectivity index is 2.21. The average Bonchev–Trinajstić information content (AvgIpc) is 2.66. The van der Waals surface area contributed by atoms with Crippen LogP contribution >= 0.6 is 23.4 Å². The third-order valence-corrected chi connectivity index (χ3v) is 3.73. The number of fused-ring (bicyclic) bond motifs is 1. The maximum atomic E-state index is 6.18. The van der Waals surface area contributed by atoms with Crippen LogP contribution in [-0.2, 0) is 0 Å². The third-order valence-electron chi connectivity index (χ3n) is 2.36. The zero-order valence-corrected chi connectivity index (χ0v) is 10.3. The molecular formula is C12H14ClNS. The first-order chi connectivity index (χ1) is 7.31. The highest BCUT2D eigenvalue weighted by atomic mass is 35.5. The summed E-state index contributed by atoms with van der Waals surface area (Å²) in [6, 6.07) is 6.23. The standard InChI is InChI=1S/C12H14ClNS/c1-2-3-6-15-9-7-11(13)10-4-5-14-12(10)8-9/h4-5,7-8,14H,2-3,6H2,1H3. The second-order valence-electron chi connectivity index (χ2n) is 3.55. The molecule has 0 amide bonds. The number of aromatic nitrogens is 1. The number of aromatic amines is 1. The summed E-state index contributed by atoms with van der Waals surface area (Å²) in [5.74, 6) is 1.17. The summed E-state index contributed by atoms with van der Waals surface area (Å²) < 4.78 is 0. The summed E-state index contributed by atoms with van der Waals surface area (Å²) in [6.07, 6.45) is 4.42. The molecule has 0 fully saturated rings. The molecule has 2 rings (SSSR count). The fourth-order valence-corrected chi connectivity index (χ4v) is 2.93. The van der Waals surface area contributed by atoms with Gasteiger partial charge in [0.05, 0.1) is 5.02 Å². The number of halogens is 1. The molecule has 15 heavy (non-hydrogen) atoms. The molecule has 0 spiro atoms. The zero-order chi connectivity index (χ0) is 10.7. The van der Waals surface area contributed by atoms with E-state index in [-0.39, 0.29) is 0 Å². The van der Waals surface area contributed by atoms with Gasteiger partial charge in [-0.25, -0.2) is 0 Å². The van der Waals surface area contributed by atoms with Crippen LogP contribution < -0.4 is 0 Å². The minimum Gasteiger partial charge on any atom is -0.361 e. The average molecular weight is 240 g/mol. The highest BCUT2D eigenvalue weighted by molar-refractivity contribution is 7.99. The smallest absolute Gasteiger partial charge is 0.0510 e. The minimum atomic E-state index is 0.841. The summed E-state index contributed by atoms with van der Waals surface area (Å²) in [7, 11) is 0. The topological polar surface area (TPSA) is 15.8 Å². The van der Waals surface area contributed by atoms with E-state index in [9.17, 15) is 0 Å². The van der Waals surface area contributed by atoms with Crippen LogP contribution in [0.5, 0.6) is 0 Å². The number of nitrogens with one attached hydrogen (secondary N) is 1. The lowest BCUT2D eigenvalue weighted by Crippen LogP contribution is -1.79. The first-order valence-electron chi connectivity index (χ1n) is 5.20. The van der Waals surface area contributed by atoms with Gasteiger partial charge < -0.3 is 4.98 Å². The van der Waals surface area contributed by atoms with Gasteiger partial charge in [0.1, 0.15) is 0 Å². The van der Waals surface area contributed by atoms with Gasteiger partial charge in [-0.15, -0.1) is 11.8 Å². The Morgan fingerprint density at radius 3 is 3.07 bits per heavy atom. The molecule has 0 atom stereocenters. The Morgan fingerprint density at radius 2 is 2.27 bits per heavy atom. The molecule has 3 heteroatoms. The molecule has 1 aromatic heterocycles. The van der Waals surface area contributed by atoms with E-state index >= 15 is 0 Å². The van der Waals surface area contributed by atoms with Crippen LogP contribution in [-0.4, -0.2) is 10.7 Å². The Hall–Kier alpha value is -0.600. The molecule has 1 aromatic carbocycles. The fraction of sp³-hybridized carbons (Fsp3) is 0.333. The van der Waals surface area contributed by atoms with Crippen molar-refractivity contribution >= 4 is 34.3 Å². The Morgan fingerprint density at radius 1 is 1.40 bits per heavy atom. The van der Waals surface area contributed by atoms with Crippen molar-refractivity contribution in [2.75, 3.05) is 5.75 Å². The van der Waals surface area contributed by atoms with E-state index < -0.39 is 0 Å². The van der Waals surface area contributed by atoms with Crippen LogP contribution in [0.1, 0.15) is 19.8 Å². The van der Waals surface area contributed by atoms with Crippen LogP contribution in [0.15, 0.2) is 29.3 Å². The second kappa shape index (κ2) is 4.95. The van der Waals surface area contributed by atoms with Gasteiger partial charge in [-0.05, 0) is 30.4 Å². The van der Waals surface area contributed by atoms with Crippen LogP contribution in [0.25, 0.3) is 10.9 Å². The van der Waals surface area contributed by atoms with Gasteiger partial charge in [-0.3, -0.25) is 0 Å². The molecule has 0 saturated heterocycles. The van der Waals surface area contributed by atoms with E-state index in [4.69, 9.17) is 11.6 Å². The van der Waals surface area contributed by atoms with E-state index in [2.05, 4.69) is 24.0 Å². The van der Waals surface area contributed by atoms with Gasteiger partial charge in [-0.2, -0.15) is 0 Å². The predicted molar refractivity (Wildman–Crippen MR) is 68.9 cm³/mol. The molecule has 0 unspecified atom stereocenters. The summed E-state index contributed by atoms with van der Waals surface area (Å²) in [4.78, 5) is 4.45. The predicted octanol–water partition coefficient (Wildman–Crippen LogP) is 4.71. The monoisotopic (exact) mass is 239 g/mol. The molecule has 0 aliphatic carbocycles. The first-order valence-corrected chi connectivity index (χ1v) is 6.57. The molecular weight excluding hydrogens is 226 g/mol. The summed E-state index contributed by atoms with van der Waals surface area (Å²) in [6.45, 7) is 2.21. The molecule has 0 bridgehead atoms. The van der Waals surface area contributed by atoms with Gasteiger partial charge in [0.15, 0.2) is 0 Å². The van der Waals surface area contributed by atoms with Gasteiger partial charge in [0, 0.05) is 22.0 Å². The van der Waals surface area contributed by atoms with Crippen molar-refractivity contribution in [3.63, 3.8) is 0 Å². The summed E-state index contributed by atoms with van der Waals surface area (Å²) in [5, 5.41) is 1.95. The molecule has 0 aliphatic heterocycles. The van der Waals surface area contributed by atoms with Crippen LogP contribution in [0.4, 0.5) is 0 Å².